The van der Waals surface area contributed by atoms with Crippen molar-refractivity contribution in [3.63, 3.8) is 0 Å². The Morgan fingerprint density at radius 3 is 2.12 bits per heavy atom. The van der Waals surface area contributed by atoms with Crippen molar-refractivity contribution in [2.45, 2.75) is 0 Å². The molecular weight excluding hydrogens is 119 g/mol. The first-order valence-corrected chi connectivity index (χ1v) is 3.77. The summed E-state index contributed by atoms with van der Waals surface area (Å²) in [5, 5.41) is 0.882. The van der Waals surface area contributed by atoms with Crippen LogP contribution in [0, 0.1) is 0 Å². The maximum absolute atomic E-state index is 11.9. The van der Waals surface area contributed by atoms with Crippen LogP contribution in [0.3, 0.4) is 0 Å². The average Bonchev–Trinajstić information content (AvgIpc) is 1.90. The molecule has 2 heteroatoms. The lowest BCUT2D eigenvalue weighted by Gasteiger charge is -1.86. The predicted octanol–water partition coefficient (Wildman–Crippen LogP) is 0.365. The first-order valence-electron chi connectivity index (χ1n) is 2.53. The topological polar surface area (TPSA) is 0 Å². The van der Waals surface area contributed by atoms with Crippen molar-refractivity contribution in [2.24, 2.45) is 0 Å². The third kappa shape index (κ3) is 1.17. The highest BCUT2D eigenvalue weighted by Crippen LogP contribution is 1.79. The third-order valence-corrected chi connectivity index (χ3v) is 1.78. The van der Waals surface area contributed by atoms with Crippen molar-refractivity contribution in [1.82, 2.24) is 0 Å². The summed E-state index contributed by atoms with van der Waals surface area (Å²) in [5.74, 6) is 0. The van der Waals surface area contributed by atoms with Crippen LogP contribution in [-0.4, -0.2) is 9.85 Å². The van der Waals surface area contributed by atoms with E-state index in [0.717, 1.165) is 5.19 Å². The van der Waals surface area contributed by atoms with Crippen LogP contribution in [0.2, 0.25) is 0 Å². The van der Waals surface area contributed by atoms with Crippen molar-refractivity contribution >= 4 is 15.0 Å². The predicted molar refractivity (Wildman–Crippen MR) is 35.7 cm³/mol. The largest absolute Gasteiger partial charge is 0.317 e. The Bertz CT molecular complexity index is 150. The van der Waals surface area contributed by atoms with E-state index >= 15 is 0 Å². The summed E-state index contributed by atoms with van der Waals surface area (Å²) in [4.78, 5) is 0. The van der Waals surface area contributed by atoms with Gasteiger partial charge in [-0.3, -0.25) is 0 Å². The fourth-order valence-corrected chi connectivity index (χ4v) is 1.02. The molecule has 0 fully saturated rings. The Morgan fingerprint density at radius 2 is 1.75 bits per heavy atom. The molecule has 0 unspecified atom stereocenters. The van der Waals surface area contributed by atoms with E-state index in [4.69, 9.17) is 0 Å². The molecule has 8 heavy (non-hydrogen) atoms. The molecular formula is C6H7FSi. The molecule has 42 valence electrons. The molecule has 0 spiro atoms. The van der Waals surface area contributed by atoms with Gasteiger partial charge in [0.15, 0.2) is 0 Å². The lowest BCUT2D eigenvalue weighted by Crippen LogP contribution is -2.06. The van der Waals surface area contributed by atoms with Gasteiger partial charge in [-0.05, 0) is 5.19 Å². The van der Waals surface area contributed by atoms with Crippen LogP contribution in [-0.2, 0) is 0 Å². The van der Waals surface area contributed by atoms with Gasteiger partial charge in [0, 0.05) is 0 Å². The highest BCUT2D eigenvalue weighted by atomic mass is 28.3. The van der Waals surface area contributed by atoms with E-state index in [2.05, 4.69) is 0 Å². The van der Waals surface area contributed by atoms with Gasteiger partial charge in [-0.1, -0.05) is 30.3 Å². The van der Waals surface area contributed by atoms with Crippen molar-refractivity contribution < 1.29 is 4.11 Å². The Labute approximate surface area is 50.3 Å². The van der Waals surface area contributed by atoms with Gasteiger partial charge in [-0.2, -0.15) is 0 Å². The maximum Gasteiger partial charge on any atom is 0.247 e. The van der Waals surface area contributed by atoms with Gasteiger partial charge in [-0.15, -0.1) is 0 Å². The minimum atomic E-state index is -1.41. The smallest absolute Gasteiger partial charge is 0.247 e. The first kappa shape index (κ1) is 5.50. The average molecular weight is 126 g/mol. The first-order chi connectivity index (χ1) is 3.93. The zero-order valence-corrected chi connectivity index (χ0v) is 5.89. The summed E-state index contributed by atoms with van der Waals surface area (Å²) in [7, 11) is -1.41. The SMILES string of the molecule is F[SiH2]c1ccccc1. The number of rotatable bonds is 1. The molecule has 1 rings (SSSR count). The zero-order chi connectivity index (χ0) is 5.82. The van der Waals surface area contributed by atoms with Crippen LogP contribution < -0.4 is 5.19 Å². The second-order valence-electron chi connectivity index (χ2n) is 1.62. The molecule has 0 heterocycles. The Balaban J connectivity index is 2.83. The molecule has 0 N–H and O–H groups in total. The van der Waals surface area contributed by atoms with E-state index in [1.807, 2.05) is 30.3 Å². The maximum atomic E-state index is 11.9. The molecule has 0 aliphatic heterocycles. The number of hydrogen-bond donors (Lipinski definition) is 0. The van der Waals surface area contributed by atoms with Crippen LogP contribution in [0.25, 0.3) is 0 Å². The van der Waals surface area contributed by atoms with Crippen molar-refractivity contribution in [3.8, 4) is 0 Å². The van der Waals surface area contributed by atoms with Gasteiger partial charge in [0.05, 0.1) is 0 Å². The monoisotopic (exact) mass is 126 g/mol. The number of hydrogen-bond acceptors (Lipinski definition) is 0. The molecule has 0 aliphatic carbocycles. The summed E-state index contributed by atoms with van der Waals surface area (Å²) >= 11 is 0. The highest BCUT2D eigenvalue weighted by molar-refractivity contribution is 6.46. The van der Waals surface area contributed by atoms with Crippen LogP contribution in [0.15, 0.2) is 30.3 Å². The van der Waals surface area contributed by atoms with Gasteiger partial charge in [-0.25, -0.2) is 0 Å². The lowest BCUT2D eigenvalue weighted by atomic mass is 10.4. The summed E-state index contributed by atoms with van der Waals surface area (Å²) in [6.07, 6.45) is 0. The van der Waals surface area contributed by atoms with Gasteiger partial charge < -0.3 is 4.11 Å². The van der Waals surface area contributed by atoms with E-state index in [-0.39, 0.29) is 0 Å². The molecule has 0 aliphatic rings. The molecule has 0 bridgehead atoms. The van der Waals surface area contributed by atoms with E-state index in [1.165, 1.54) is 0 Å². The van der Waals surface area contributed by atoms with Crippen LogP contribution in [0.4, 0.5) is 4.11 Å². The second-order valence-corrected chi connectivity index (χ2v) is 2.70. The minimum absolute atomic E-state index is 0.882. The van der Waals surface area contributed by atoms with Crippen LogP contribution in [0.5, 0.6) is 0 Å². The molecule has 0 nitrogen and oxygen atoms in total. The Hall–Kier alpha value is -0.633. The summed E-state index contributed by atoms with van der Waals surface area (Å²) in [5.41, 5.74) is 0. The Morgan fingerprint density at radius 1 is 1.12 bits per heavy atom. The summed E-state index contributed by atoms with van der Waals surface area (Å²) in [6, 6.07) is 9.27. The molecule has 0 radical (unpaired) electrons. The summed E-state index contributed by atoms with van der Waals surface area (Å²) < 4.78 is 11.9. The van der Waals surface area contributed by atoms with Crippen LogP contribution >= 0.6 is 0 Å². The molecule has 0 atom stereocenters. The number of benzene rings is 1. The van der Waals surface area contributed by atoms with Gasteiger partial charge in [0.1, 0.15) is 0 Å². The molecule has 0 amide bonds. The van der Waals surface area contributed by atoms with Gasteiger partial charge in [0.25, 0.3) is 0 Å². The fourth-order valence-electron chi connectivity index (χ4n) is 0.567. The molecule has 1 aromatic rings. The van der Waals surface area contributed by atoms with Crippen LogP contribution in [0.1, 0.15) is 0 Å². The summed E-state index contributed by atoms with van der Waals surface area (Å²) in [6.45, 7) is 0. The van der Waals surface area contributed by atoms with E-state index < -0.39 is 9.85 Å². The van der Waals surface area contributed by atoms with Crippen molar-refractivity contribution in [2.75, 3.05) is 0 Å². The molecule has 0 saturated heterocycles. The highest BCUT2D eigenvalue weighted by Gasteiger charge is 1.84. The van der Waals surface area contributed by atoms with E-state index in [9.17, 15) is 4.11 Å². The van der Waals surface area contributed by atoms with E-state index in [0.29, 0.717) is 0 Å². The molecule has 0 aromatic heterocycles. The number of halogens is 1. The Kier molecular flexibility index (Phi) is 1.80. The fraction of sp³-hybridized carbons (Fsp3) is 0. The van der Waals surface area contributed by atoms with Crippen molar-refractivity contribution in [1.29, 1.82) is 0 Å². The minimum Gasteiger partial charge on any atom is -0.317 e. The lowest BCUT2D eigenvalue weighted by molar-refractivity contribution is 0.885. The molecule has 0 saturated carbocycles. The standard InChI is InChI=1S/C6H7FSi/c7-8-6-4-2-1-3-5-6/h1-5H,8H2. The zero-order valence-electron chi connectivity index (χ0n) is 4.47. The van der Waals surface area contributed by atoms with Gasteiger partial charge >= 0.3 is 0 Å². The van der Waals surface area contributed by atoms with E-state index in [1.54, 1.807) is 0 Å². The van der Waals surface area contributed by atoms with Crippen molar-refractivity contribution in [3.05, 3.63) is 30.3 Å². The quantitative estimate of drug-likeness (QED) is 0.376. The van der Waals surface area contributed by atoms with Gasteiger partial charge in [0.2, 0.25) is 9.85 Å². The second kappa shape index (κ2) is 2.62. The molecule has 1 aromatic carbocycles. The normalized spacial score (nSPS) is 10.6. The third-order valence-electron chi connectivity index (χ3n) is 0.997.